The monoisotopic (exact) mass is 236 g/mol. The average Bonchev–Trinajstić information content (AvgIpc) is 2.85. The summed E-state index contributed by atoms with van der Waals surface area (Å²) in [4.78, 5) is 8.45. The lowest BCUT2D eigenvalue weighted by atomic mass is 10.2. The van der Waals surface area contributed by atoms with Crippen LogP contribution in [0.25, 0.3) is 0 Å². The summed E-state index contributed by atoms with van der Waals surface area (Å²) >= 11 is 0. The lowest BCUT2D eigenvalue weighted by molar-refractivity contribution is 0.110. The highest BCUT2D eigenvalue weighted by Gasteiger charge is 2.14. The van der Waals surface area contributed by atoms with Crippen LogP contribution in [0, 0.1) is 0 Å². The molecule has 1 aliphatic rings. The van der Waals surface area contributed by atoms with Crippen molar-refractivity contribution in [3.8, 4) is 0 Å². The molecule has 0 aromatic carbocycles. The second-order valence-corrected chi connectivity index (χ2v) is 4.21. The molecule has 0 unspecified atom stereocenters. The van der Waals surface area contributed by atoms with Crippen molar-refractivity contribution in [2.45, 2.75) is 32.4 Å². The predicted molar refractivity (Wildman–Crippen MR) is 66.9 cm³/mol. The van der Waals surface area contributed by atoms with E-state index in [-0.39, 0.29) is 0 Å². The van der Waals surface area contributed by atoms with Gasteiger partial charge < -0.3 is 15.4 Å². The Morgan fingerprint density at radius 3 is 2.88 bits per heavy atom. The van der Waals surface area contributed by atoms with E-state index in [4.69, 9.17) is 4.74 Å². The van der Waals surface area contributed by atoms with Crippen LogP contribution in [0.5, 0.6) is 0 Å². The Kier molecular flexibility index (Phi) is 4.70. The third-order valence-electron chi connectivity index (χ3n) is 2.77. The van der Waals surface area contributed by atoms with Gasteiger partial charge in [0.15, 0.2) is 0 Å². The second kappa shape index (κ2) is 6.51. The molecule has 1 atom stereocenters. The summed E-state index contributed by atoms with van der Waals surface area (Å²) in [5, 5.41) is 6.44. The molecule has 1 aromatic heterocycles. The SMILES string of the molecule is CCNc1ncc(CNC[C@H]2CCCO2)cn1. The fraction of sp³-hybridized carbons (Fsp3) is 0.667. The summed E-state index contributed by atoms with van der Waals surface area (Å²) in [5.74, 6) is 0.690. The highest BCUT2D eigenvalue weighted by atomic mass is 16.5. The zero-order chi connectivity index (χ0) is 11.9. The van der Waals surface area contributed by atoms with Crippen LogP contribution in [-0.4, -0.2) is 35.8 Å². The van der Waals surface area contributed by atoms with Crippen LogP contribution in [0.4, 0.5) is 5.95 Å². The third kappa shape index (κ3) is 3.94. The van der Waals surface area contributed by atoms with E-state index in [1.54, 1.807) is 0 Å². The average molecular weight is 236 g/mol. The van der Waals surface area contributed by atoms with E-state index in [2.05, 4.69) is 20.6 Å². The Labute approximate surface area is 102 Å². The molecule has 5 nitrogen and oxygen atoms in total. The number of hydrogen-bond acceptors (Lipinski definition) is 5. The van der Waals surface area contributed by atoms with Crippen molar-refractivity contribution >= 4 is 5.95 Å². The van der Waals surface area contributed by atoms with Crippen molar-refractivity contribution < 1.29 is 4.74 Å². The van der Waals surface area contributed by atoms with Gasteiger partial charge >= 0.3 is 0 Å². The van der Waals surface area contributed by atoms with Crippen LogP contribution in [-0.2, 0) is 11.3 Å². The first-order valence-corrected chi connectivity index (χ1v) is 6.25. The molecule has 1 fully saturated rings. The van der Waals surface area contributed by atoms with Crippen LogP contribution in [0.1, 0.15) is 25.3 Å². The normalized spacial score (nSPS) is 19.5. The standard InChI is InChI=1S/C12H20N4O/c1-2-14-12-15-7-10(8-16-12)6-13-9-11-4-3-5-17-11/h7-8,11,13H,2-6,9H2,1H3,(H,14,15,16)/t11-/m1/s1. The van der Waals surface area contributed by atoms with Crippen molar-refractivity contribution in [3.63, 3.8) is 0 Å². The number of rotatable bonds is 6. The quantitative estimate of drug-likeness (QED) is 0.776. The van der Waals surface area contributed by atoms with Crippen LogP contribution in [0.3, 0.4) is 0 Å². The Morgan fingerprint density at radius 2 is 2.24 bits per heavy atom. The Morgan fingerprint density at radius 1 is 1.41 bits per heavy atom. The van der Waals surface area contributed by atoms with Gasteiger partial charge in [-0.15, -0.1) is 0 Å². The van der Waals surface area contributed by atoms with Gasteiger partial charge in [0.25, 0.3) is 0 Å². The van der Waals surface area contributed by atoms with E-state index in [0.717, 1.165) is 31.8 Å². The first-order chi connectivity index (χ1) is 8.38. The van der Waals surface area contributed by atoms with E-state index in [9.17, 15) is 0 Å². The lowest BCUT2D eigenvalue weighted by Crippen LogP contribution is -2.25. The molecular formula is C12H20N4O. The molecule has 0 aliphatic carbocycles. The summed E-state index contributed by atoms with van der Waals surface area (Å²) in [6, 6.07) is 0. The summed E-state index contributed by atoms with van der Waals surface area (Å²) < 4.78 is 5.54. The molecule has 2 rings (SSSR count). The number of ether oxygens (including phenoxy) is 1. The molecular weight excluding hydrogens is 216 g/mol. The van der Waals surface area contributed by atoms with Crippen molar-refractivity contribution in [2.75, 3.05) is 25.0 Å². The fourth-order valence-corrected chi connectivity index (χ4v) is 1.88. The van der Waals surface area contributed by atoms with Crippen molar-refractivity contribution in [1.29, 1.82) is 0 Å². The van der Waals surface area contributed by atoms with Gasteiger partial charge in [-0.05, 0) is 19.8 Å². The third-order valence-corrected chi connectivity index (χ3v) is 2.77. The number of nitrogens with one attached hydrogen (secondary N) is 2. The molecule has 1 aromatic rings. The maximum atomic E-state index is 5.54. The molecule has 5 heteroatoms. The van der Waals surface area contributed by atoms with Gasteiger partial charge in [0.2, 0.25) is 5.95 Å². The zero-order valence-electron chi connectivity index (χ0n) is 10.3. The molecule has 1 saturated heterocycles. The van der Waals surface area contributed by atoms with Gasteiger partial charge in [0.05, 0.1) is 6.10 Å². The molecule has 0 amide bonds. The van der Waals surface area contributed by atoms with E-state index >= 15 is 0 Å². The van der Waals surface area contributed by atoms with Gasteiger partial charge in [-0.25, -0.2) is 9.97 Å². The molecule has 17 heavy (non-hydrogen) atoms. The van der Waals surface area contributed by atoms with Gasteiger partial charge in [-0.2, -0.15) is 0 Å². The van der Waals surface area contributed by atoms with Gasteiger partial charge in [-0.3, -0.25) is 0 Å². The predicted octanol–water partition coefficient (Wildman–Crippen LogP) is 1.18. The number of anilines is 1. The van der Waals surface area contributed by atoms with Crippen molar-refractivity contribution in [1.82, 2.24) is 15.3 Å². The minimum absolute atomic E-state index is 0.386. The summed E-state index contributed by atoms with van der Waals surface area (Å²) in [7, 11) is 0. The molecule has 2 heterocycles. The summed E-state index contributed by atoms with van der Waals surface area (Å²) in [6.07, 6.45) is 6.45. The maximum absolute atomic E-state index is 5.54. The van der Waals surface area contributed by atoms with Crippen LogP contribution < -0.4 is 10.6 Å². The highest BCUT2D eigenvalue weighted by Crippen LogP contribution is 2.10. The molecule has 0 saturated carbocycles. The number of hydrogen-bond donors (Lipinski definition) is 2. The first-order valence-electron chi connectivity index (χ1n) is 6.25. The molecule has 2 N–H and O–H groups in total. The van der Waals surface area contributed by atoms with Crippen molar-refractivity contribution in [2.24, 2.45) is 0 Å². The largest absolute Gasteiger partial charge is 0.377 e. The number of aromatic nitrogens is 2. The molecule has 94 valence electrons. The topological polar surface area (TPSA) is 59.1 Å². The smallest absolute Gasteiger partial charge is 0.222 e. The zero-order valence-corrected chi connectivity index (χ0v) is 10.3. The molecule has 0 bridgehead atoms. The second-order valence-electron chi connectivity index (χ2n) is 4.21. The Bertz CT molecular complexity index is 322. The van der Waals surface area contributed by atoms with Gasteiger partial charge in [0, 0.05) is 44.2 Å². The lowest BCUT2D eigenvalue weighted by Gasteiger charge is -2.10. The maximum Gasteiger partial charge on any atom is 0.222 e. The van der Waals surface area contributed by atoms with E-state index in [0.29, 0.717) is 12.1 Å². The fourth-order valence-electron chi connectivity index (χ4n) is 1.88. The Balaban J connectivity index is 1.70. The van der Waals surface area contributed by atoms with E-state index in [1.165, 1.54) is 12.8 Å². The Hall–Kier alpha value is -1.20. The van der Waals surface area contributed by atoms with E-state index < -0.39 is 0 Å². The molecule has 0 radical (unpaired) electrons. The molecule has 0 spiro atoms. The summed E-state index contributed by atoms with van der Waals surface area (Å²) in [5.41, 5.74) is 1.10. The van der Waals surface area contributed by atoms with Crippen LogP contribution in [0.2, 0.25) is 0 Å². The van der Waals surface area contributed by atoms with E-state index in [1.807, 2.05) is 19.3 Å². The first kappa shape index (κ1) is 12.3. The molecule has 1 aliphatic heterocycles. The highest BCUT2D eigenvalue weighted by molar-refractivity contribution is 5.24. The van der Waals surface area contributed by atoms with Gasteiger partial charge in [0.1, 0.15) is 0 Å². The summed E-state index contributed by atoms with van der Waals surface area (Å²) in [6.45, 7) is 5.49. The minimum Gasteiger partial charge on any atom is -0.377 e. The van der Waals surface area contributed by atoms with Crippen LogP contribution in [0.15, 0.2) is 12.4 Å². The van der Waals surface area contributed by atoms with Crippen LogP contribution >= 0.6 is 0 Å². The minimum atomic E-state index is 0.386. The van der Waals surface area contributed by atoms with Gasteiger partial charge in [-0.1, -0.05) is 0 Å². The number of nitrogens with zero attached hydrogens (tertiary/aromatic N) is 2. The van der Waals surface area contributed by atoms with Crippen molar-refractivity contribution in [3.05, 3.63) is 18.0 Å².